The van der Waals surface area contributed by atoms with Crippen molar-refractivity contribution in [3.05, 3.63) is 77.0 Å². The average molecular weight is 976 g/mol. The number of benzene rings is 3. The van der Waals surface area contributed by atoms with Gasteiger partial charge in [0.05, 0.1) is 17.9 Å². The molecule has 5 aromatic rings. The Morgan fingerprint density at radius 3 is 2.27 bits per heavy atom. The van der Waals surface area contributed by atoms with E-state index in [1.54, 1.807) is 18.3 Å². The molecule has 12 rings (SSSR count). The van der Waals surface area contributed by atoms with Crippen LogP contribution in [0.25, 0.3) is 32.9 Å². The summed E-state index contributed by atoms with van der Waals surface area (Å²) < 4.78 is 69.7. The van der Waals surface area contributed by atoms with Crippen LogP contribution in [0.1, 0.15) is 94.6 Å². The standard InChI is InChI=1S/C54H61F4N9O4/c1-2-37-41(55)7-3-31-21-36(68)24-39(45(31)37)48-47(58)49-40(25-59-48)50(67-26-32-4-5-33(27-67)60-32)63-52(62-49)71-30-54(11-12-54)28-64-18-13-53(14-19-64)15-20-66(29-53)34-9-16-65(17-10-34)35-22-42(56)46(43(57)23-35)38-6-8-44(69)61-51(38)70/h3,7,21-25,32-34,38,60,68H,2,4-6,8-20,26-30H2,1H3,(H,61,69,70). The number of hydrogen-bond acceptors (Lipinski definition) is 12. The fourth-order valence-electron chi connectivity index (χ4n) is 13.2. The number of phenolic OH excluding ortho intramolecular Hbond substituents is 1. The summed E-state index contributed by atoms with van der Waals surface area (Å²) in [5, 5.41) is 18.2. The molecule has 71 heavy (non-hydrogen) atoms. The van der Waals surface area contributed by atoms with Crippen molar-refractivity contribution in [1.82, 2.24) is 35.4 Å². The van der Waals surface area contributed by atoms with E-state index in [4.69, 9.17) is 14.7 Å². The average Bonchev–Trinajstić information content (AvgIpc) is 3.87. The first-order valence-corrected chi connectivity index (χ1v) is 25.8. The summed E-state index contributed by atoms with van der Waals surface area (Å²) in [6, 6.07) is 9.80. The molecule has 13 nitrogen and oxygen atoms in total. The first-order valence-electron chi connectivity index (χ1n) is 25.8. The van der Waals surface area contributed by atoms with Crippen molar-refractivity contribution in [3.8, 4) is 23.0 Å². The molecule has 7 fully saturated rings. The molecule has 1 saturated carbocycles. The normalized spacial score (nSPS) is 24.7. The summed E-state index contributed by atoms with van der Waals surface area (Å²) >= 11 is 0. The number of likely N-dealkylation sites (tertiary alicyclic amines) is 2. The number of carbonyl (C=O) groups excluding carboxylic acids is 2. The number of rotatable bonds is 11. The second-order valence-corrected chi connectivity index (χ2v) is 21.9. The Bertz CT molecular complexity index is 2900. The summed E-state index contributed by atoms with van der Waals surface area (Å²) in [6.07, 6.45) is 11.5. The highest BCUT2D eigenvalue weighted by Crippen LogP contribution is 2.49. The van der Waals surface area contributed by atoms with E-state index < -0.39 is 41.0 Å². The Kier molecular flexibility index (Phi) is 11.9. The minimum Gasteiger partial charge on any atom is -0.508 e. The first-order chi connectivity index (χ1) is 34.3. The molecule has 3 unspecified atom stereocenters. The number of aryl methyl sites for hydroxylation is 1. The van der Waals surface area contributed by atoms with E-state index in [1.807, 2.05) is 11.8 Å². The maximum atomic E-state index is 17.2. The number of anilines is 2. The van der Waals surface area contributed by atoms with Crippen molar-refractivity contribution in [2.45, 2.75) is 108 Å². The Balaban J connectivity index is 0.699. The van der Waals surface area contributed by atoms with Gasteiger partial charge in [-0.1, -0.05) is 13.0 Å². The van der Waals surface area contributed by atoms with Crippen LogP contribution in [0.3, 0.4) is 0 Å². The van der Waals surface area contributed by atoms with Gasteiger partial charge < -0.3 is 29.9 Å². The molecule has 3 N–H and O–H groups in total. The number of piperidine rings is 3. The van der Waals surface area contributed by atoms with Crippen LogP contribution in [0.4, 0.5) is 29.1 Å². The third kappa shape index (κ3) is 8.72. The number of nitrogens with one attached hydrogen (secondary N) is 2. The van der Waals surface area contributed by atoms with Crippen LogP contribution < -0.4 is 25.2 Å². The third-order valence-corrected chi connectivity index (χ3v) is 17.3. The first kappa shape index (κ1) is 46.4. The van der Waals surface area contributed by atoms with Crippen molar-refractivity contribution < 1.29 is 37.0 Å². The second-order valence-electron chi connectivity index (χ2n) is 21.9. The molecule has 374 valence electrons. The van der Waals surface area contributed by atoms with E-state index in [9.17, 15) is 14.7 Å². The lowest BCUT2D eigenvalue weighted by Crippen LogP contribution is -2.51. The zero-order valence-electron chi connectivity index (χ0n) is 40.2. The van der Waals surface area contributed by atoms with Crippen molar-refractivity contribution in [2.24, 2.45) is 10.8 Å². The van der Waals surface area contributed by atoms with E-state index in [1.165, 1.54) is 24.3 Å². The van der Waals surface area contributed by atoms with Crippen molar-refractivity contribution in [2.75, 3.05) is 75.3 Å². The number of amides is 2. The molecule has 3 atom stereocenters. The van der Waals surface area contributed by atoms with Crippen molar-refractivity contribution in [1.29, 1.82) is 0 Å². The Morgan fingerprint density at radius 2 is 1.56 bits per heavy atom. The molecular formula is C54H61F4N9O4. The number of nitrogens with zero attached hydrogens (tertiary/aromatic N) is 7. The third-order valence-electron chi connectivity index (χ3n) is 17.3. The number of pyridine rings is 1. The lowest BCUT2D eigenvalue weighted by molar-refractivity contribution is -0.134. The number of halogens is 4. The molecule has 6 saturated heterocycles. The van der Waals surface area contributed by atoms with Crippen LogP contribution in [0.15, 0.2) is 42.6 Å². The number of aromatic hydroxyl groups is 1. The van der Waals surface area contributed by atoms with Gasteiger partial charge in [-0.05, 0) is 142 Å². The fraction of sp³-hybridized carbons (Fsp3) is 0.537. The number of phenols is 1. The summed E-state index contributed by atoms with van der Waals surface area (Å²) in [5.74, 6) is -4.12. The molecule has 2 aromatic heterocycles. The monoisotopic (exact) mass is 975 g/mol. The van der Waals surface area contributed by atoms with Gasteiger partial charge in [0.2, 0.25) is 11.8 Å². The van der Waals surface area contributed by atoms with Crippen LogP contribution in [0.2, 0.25) is 0 Å². The zero-order chi connectivity index (χ0) is 48.8. The molecule has 2 amide bonds. The SMILES string of the molecule is CCc1c(F)ccc2cc(O)cc(-c3ncc4c(N5CC6CCC(C5)N6)nc(OCC5(CN6CCC7(CC6)CCN(C6CCN(c8cc(F)c(C9CCC(=O)NC9=O)c(F)c8)CC6)C7)CC5)nc4c3F)c12. The number of hydrogen-bond donors (Lipinski definition) is 3. The van der Waals surface area contributed by atoms with Crippen molar-refractivity contribution >= 4 is 45.0 Å². The van der Waals surface area contributed by atoms with Crippen LogP contribution in [-0.2, 0) is 16.0 Å². The van der Waals surface area contributed by atoms with E-state index in [0.29, 0.717) is 83.0 Å². The highest BCUT2D eigenvalue weighted by Gasteiger charge is 2.48. The molecule has 1 aliphatic carbocycles. The van der Waals surface area contributed by atoms with Crippen LogP contribution >= 0.6 is 0 Å². The van der Waals surface area contributed by atoms with E-state index in [-0.39, 0.29) is 52.2 Å². The van der Waals surface area contributed by atoms with Gasteiger partial charge in [0.1, 0.15) is 40.2 Å². The van der Waals surface area contributed by atoms with Gasteiger partial charge in [0.25, 0.3) is 0 Å². The fourth-order valence-corrected chi connectivity index (χ4v) is 13.2. The summed E-state index contributed by atoms with van der Waals surface area (Å²) in [6.45, 7) is 10.1. The molecule has 17 heteroatoms. The van der Waals surface area contributed by atoms with E-state index in [2.05, 4.69) is 30.3 Å². The number of aromatic nitrogens is 3. The molecule has 6 aliphatic heterocycles. The minimum absolute atomic E-state index is 0.0182. The van der Waals surface area contributed by atoms with E-state index >= 15 is 17.6 Å². The number of fused-ring (bicyclic) bond motifs is 4. The lowest BCUT2D eigenvalue weighted by atomic mass is 9.77. The van der Waals surface area contributed by atoms with E-state index in [0.717, 1.165) is 104 Å². The zero-order valence-corrected chi connectivity index (χ0v) is 40.2. The molecule has 7 aliphatic rings. The topological polar surface area (TPSA) is 139 Å². The number of imide groups is 1. The smallest absolute Gasteiger partial charge is 0.319 e. The molecule has 1 spiro atoms. The maximum absolute atomic E-state index is 17.2. The van der Waals surface area contributed by atoms with Gasteiger partial charge in [0.15, 0.2) is 5.82 Å². The van der Waals surface area contributed by atoms with Crippen LogP contribution in [0.5, 0.6) is 11.8 Å². The molecule has 8 heterocycles. The molecule has 3 aromatic carbocycles. The Morgan fingerprint density at radius 1 is 0.831 bits per heavy atom. The summed E-state index contributed by atoms with van der Waals surface area (Å²) in [4.78, 5) is 47.9. The largest absolute Gasteiger partial charge is 0.508 e. The minimum atomic E-state index is -1.01. The highest BCUT2D eigenvalue weighted by molar-refractivity contribution is 6.02. The number of piperazine rings is 1. The Labute approximate surface area is 410 Å². The predicted molar refractivity (Wildman–Crippen MR) is 262 cm³/mol. The van der Waals surface area contributed by atoms with Crippen LogP contribution in [0, 0.1) is 34.1 Å². The van der Waals surface area contributed by atoms with Gasteiger partial charge in [-0.15, -0.1) is 0 Å². The predicted octanol–water partition coefficient (Wildman–Crippen LogP) is 7.75. The van der Waals surface area contributed by atoms with Crippen molar-refractivity contribution in [3.63, 3.8) is 0 Å². The maximum Gasteiger partial charge on any atom is 0.319 e. The summed E-state index contributed by atoms with van der Waals surface area (Å²) in [5.41, 5.74) is 1.24. The van der Waals surface area contributed by atoms with Gasteiger partial charge in [0, 0.05) is 92.2 Å². The molecule has 2 bridgehead atoms. The Hall–Kier alpha value is -5.65. The lowest BCUT2D eigenvalue weighted by Gasteiger charge is -2.42. The molecule has 0 radical (unpaired) electrons. The highest BCUT2D eigenvalue weighted by atomic mass is 19.1. The second kappa shape index (κ2) is 18.1. The van der Waals surface area contributed by atoms with Gasteiger partial charge >= 0.3 is 6.01 Å². The van der Waals surface area contributed by atoms with Gasteiger partial charge in [-0.2, -0.15) is 9.97 Å². The number of ether oxygens (including phenoxy) is 1. The quantitative estimate of drug-likeness (QED) is 0.0882. The number of carbonyl (C=O) groups is 2. The van der Waals surface area contributed by atoms with Crippen LogP contribution in [-0.4, -0.2) is 125 Å². The van der Waals surface area contributed by atoms with Gasteiger partial charge in [-0.3, -0.25) is 24.8 Å². The summed E-state index contributed by atoms with van der Waals surface area (Å²) in [7, 11) is 0. The van der Waals surface area contributed by atoms with Gasteiger partial charge in [-0.25, -0.2) is 17.6 Å². The molecular weight excluding hydrogens is 915 g/mol.